The molecule has 1 unspecified atom stereocenters. The van der Waals surface area contributed by atoms with Gasteiger partial charge in [0.05, 0.1) is 18.1 Å². The minimum Gasteiger partial charge on any atom is -0.496 e. The lowest BCUT2D eigenvalue weighted by molar-refractivity contribution is -0.384. The number of benzene rings is 1. The third-order valence-corrected chi connectivity index (χ3v) is 2.14. The average Bonchev–Trinajstić information content (AvgIpc) is 2.29. The normalized spacial score (nSPS) is 11.6. The van der Waals surface area contributed by atoms with Gasteiger partial charge in [0.1, 0.15) is 11.4 Å². The van der Waals surface area contributed by atoms with Gasteiger partial charge in [-0.3, -0.25) is 10.1 Å². The van der Waals surface area contributed by atoms with Crippen molar-refractivity contribution in [1.29, 1.82) is 0 Å². The van der Waals surface area contributed by atoms with E-state index in [0.717, 1.165) is 0 Å². The largest absolute Gasteiger partial charge is 0.496 e. The zero-order valence-corrected chi connectivity index (χ0v) is 9.27. The molecule has 0 bridgehead atoms. The lowest BCUT2D eigenvalue weighted by atomic mass is 10.2. The number of nitro benzene ring substituents is 1. The summed E-state index contributed by atoms with van der Waals surface area (Å²) in [7, 11) is 1.47. The van der Waals surface area contributed by atoms with E-state index in [1.54, 1.807) is 18.2 Å². The third kappa shape index (κ3) is 2.73. The van der Waals surface area contributed by atoms with E-state index in [9.17, 15) is 10.1 Å². The van der Waals surface area contributed by atoms with Gasteiger partial charge in [0.15, 0.2) is 0 Å². The maximum atomic E-state index is 10.8. The first-order chi connectivity index (χ1) is 7.58. The molecule has 1 aromatic rings. The first-order valence-corrected chi connectivity index (χ1v) is 4.80. The van der Waals surface area contributed by atoms with Crippen LogP contribution < -0.4 is 10.1 Å². The standard InChI is InChI=1S/C11H14N2O3/c1-4-8(2)12-10-6-5-9(16-3)7-11(10)13(14)15/h4-8,12H,1H2,2-3H3. The molecule has 0 aliphatic heterocycles. The summed E-state index contributed by atoms with van der Waals surface area (Å²) in [6.45, 7) is 5.47. The number of nitrogens with zero attached hydrogens (tertiary/aromatic N) is 1. The van der Waals surface area contributed by atoms with Crippen molar-refractivity contribution in [2.75, 3.05) is 12.4 Å². The molecule has 1 rings (SSSR count). The van der Waals surface area contributed by atoms with Crippen LogP contribution in [0.5, 0.6) is 5.75 Å². The topological polar surface area (TPSA) is 64.4 Å². The molecule has 0 fully saturated rings. The molecular weight excluding hydrogens is 208 g/mol. The Labute approximate surface area is 93.9 Å². The van der Waals surface area contributed by atoms with E-state index in [-0.39, 0.29) is 11.7 Å². The van der Waals surface area contributed by atoms with E-state index in [0.29, 0.717) is 11.4 Å². The number of rotatable bonds is 5. The molecule has 86 valence electrons. The zero-order chi connectivity index (χ0) is 12.1. The summed E-state index contributed by atoms with van der Waals surface area (Å²) in [5.74, 6) is 0.462. The molecule has 5 nitrogen and oxygen atoms in total. The SMILES string of the molecule is C=CC(C)Nc1ccc(OC)cc1[N+](=O)[O-]. The summed E-state index contributed by atoms with van der Waals surface area (Å²) >= 11 is 0. The van der Waals surface area contributed by atoms with Gasteiger partial charge >= 0.3 is 0 Å². The van der Waals surface area contributed by atoms with E-state index >= 15 is 0 Å². The Morgan fingerprint density at radius 1 is 1.62 bits per heavy atom. The quantitative estimate of drug-likeness (QED) is 0.472. The highest BCUT2D eigenvalue weighted by Crippen LogP contribution is 2.29. The molecule has 0 radical (unpaired) electrons. The van der Waals surface area contributed by atoms with Crippen molar-refractivity contribution in [2.45, 2.75) is 13.0 Å². The second kappa shape index (κ2) is 5.16. The smallest absolute Gasteiger partial charge is 0.296 e. The fourth-order valence-electron chi connectivity index (χ4n) is 1.22. The fraction of sp³-hybridized carbons (Fsp3) is 0.273. The average molecular weight is 222 g/mol. The Bertz CT molecular complexity index is 404. The van der Waals surface area contributed by atoms with Crippen molar-refractivity contribution >= 4 is 11.4 Å². The molecule has 0 saturated heterocycles. The highest BCUT2D eigenvalue weighted by atomic mass is 16.6. The van der Waals surface area contributed by atoms with Gasteiger partial charge in [0.2, 0.25) is 0 Å². The van der Waals surface area contributed by atoms with Crippen LogP contribution in [-0.4, -0.2) is 18.1 Å². The van der Waals surface area contributed by atoms with Crippen molar-refractivity contribution in [2.24, 2.45) is 0 Å². The molecule has 1 N–H and O–H groups in total. The highest BCUT2D eigenvalue weighted by Gasteiger charge is 2.15. The molecule has 0 aliphatic rings. The molecule has 0 aromatic heterocycles. The third-order valence-electron chi connectivity index (χ3n) is 2.14. The number of hydrogen-bond donors (Lipinski definition) is 1. The van der Waals surface area contributed by atoms with Gasteiger partial charge < -0.3 is 10.1 Å². The lowest BCUT2D eigenvalue weighted by Gasteiger charge is -2.11. The van der Waals surface area contributed by atoms with Gasteiger partial charge in [-0.05, 0) is 19.1 Å². The highest BCUT2D eigenvalue weighted by molar-refractivity contribution is 5.64. The van der Waals surface area contributed by atoms with E-state index < -0.39 is 4.92 Å². The maximum Gasteiger partial charge on any atom is 0.296 e. The predicted molar refractivity (Wildman–Crippen MR) is 62.9 cm³/mol. The molecule has 0 aliphatic carbocycles. The van der Waals surface area contributed by atoms with Crippen LogP contribution in [0.15, 0.2) is 30.9 Å². The second-order valence-electron chi connectivity index (χ2n) is 3.31. The second-order valence-corrected chi connectivity index (χ2v) is 3.31. The zero-order valence-electron chi connectivity index (χ0n) is 9.27. The molecule has 16 heavy (non-hydrogen) atoms. The van der Waals surface area contributed by atoms with Crippen molar-refractivity contribution in [3.05, 3.63) is 41.0 Å². The maximum absolute atomic E-state index is 10.8. The van der Waals surface area contributed by atoms with Crippen molar-refractivity contribution in [3.8, 4) is 5.75 Å². The summed E-state index contributed by atoms with van der Waals surface area (Å²) in [5.41, 5.74) is 0.450. The molecule has 1 aromatic carbocycles. The van der Waals surface area contributed by atoms with E-state index in [2.05, 4.69) is 11.9 Å². The van der Waals surface area contributed by atoms with E-state index in [1.165, 1.54) is 13.2 Å². The molecule has 1 atom stereocenters. The van der Waals surface area contributed by atoms with Crippen LogP contribution in [0.1, 0.15) is 6.92 Å². The Morgan fingerprint density at radius 2 is 2.31 bits per heavy atom. The number of nitro groups is 1. The Morgan fingerprint density at radius 3 is 2.81 bits per heavy atom. The van der Waals surface area contributed by atoms with Gasteiger partial charge in [-0.15, -0.1) is 6.58 Å². The number of hydrogen-bond acceptors (Lipinski definition) is 4. The van der Waals surface area contributed by atoms with Crippen LogP contribution >= 0.6 is 0 Å². The predicted octanol–water partition coefficient (Wildman–Crippen LogP) is 2.59. The molecule has 0 amide bonds. The van der Waals surface area contributed by atoms with E-state index in [1.807, 2.05) is 6.92 Å². The van der Waals surface area contributed by atoms with Crippen LogP contribution in [0.4, 0.5) is 11.4 Å². The molecule has 0 saturated carbocycles. The fourth-order valence-corrected chi connectivity index (χ4v) is 1.22. The number of methoxy groups -OCH3 is 1. The summed E-state index contributed by atoms with van der Waals surface area (Å²) in [6.07, 6.45) is 1.67. The monoisotopic (exact) mass is 222 g/mol. The molecule has 0 heterocycles. The summed E-state index contributed by atoms with van der Waals surface area (Å²) in [4.78, 5) is 10.4. The van der Waals surface area contributed by atoms with Crippen LogP contribution in [-0.2, 0) is 0 Å². The minimum absolute atomic E-state index is 0.00644. The van der Waals surface area contributed by atoms with Crippen LogP contribution in [0, 0.1) is 10.1 Å². The summed E-state index contributed by atoms with van der Waals surface area (Å²) in [5, 5.41) is 13.8. The Kier molecular flexibility index (Phi) is 3.88. The first-order valence-electron chi connectivity index (χ1n) is 4.80. The summed E-state index contributed by atoms with van der Waals surface area (Å²) < 4.78 is 4.94. The van der Waals surface area contributed by atoms with Gasteiger partial charge in [-0.2, -0.15) is 0 Å². The van der Waals surface area contributed by atoms with Crippen molar-refractivity contribution in [1.82, 2.24) is 0 Å². The molecule has 5 heteroatoms. The van der Waals surface area contributed by atoms with Crippen LogP contribution in [0.3, 0.4) is 0 Å². The number of ether oxygens (including phenoxy) is 1. The van der Waals surface area contributed by atoms with Gasteiger partial charge in [-0.1, -0.05) is 6.08 Å². The van der Waals surface area contributed by atoms with Gasteiger partial charge in [0, 0.05) is 6.04 Å². The summed E-state index contributed by atoms with van der Waals surface area (Å²) in [6, 6.07) is 4.65. The van der Waals surface area contributed by atoms with Gasteiger partial charge in [0.25, 0.3) is 5.69 Å². The van der Waals surface area contributed by atoms with Crippen LogP contribution in [0.25, 0.3) is 0 Å². The first kappa shape index (κ1) is 12.0. The van der Waals surface area contributed by atoms with Crippen LogP contribution in [0.2, 0.25) is 0 Å². The molecule has 0 spiro atoms. The number of anilines is 1. The van der Waals surface area contributed by atoms with Crippen molar-refractivity contribution < 1.29 is 9.66 Å². The van der Waals surface area contributed by atoms with Crippen molar-refractivity contribution in [3.63, 3.8) is 0 Å². The number of nitrogens with one attached hydrogen (secondary N) is 1. The van der Waals surface area contributed by atoms with E-state index in [4.69, 9.17) is 4.74 Å². The lowest BCUT2D eigenvalue weighted by Crippen LogP contribution is -2.12. The Balaban J connectivity index is 3.07. The Hall–Kier alpha value is -2.04. The van der Waals surface area contributed by atoms with Gasteiger partial charge in [-0.25, -0.2) is 0 Å². The molecular formula is C11H14N2O3. The minimum atomic E-state index is -0.444.